The molecule has 4 nitrogen and oxygen atoms in total. The maximum absolute atomic E-state index is 9.99. The summed E-state index contributed by atoms with van der Waals surface area (Å²) in [5.74, 6) is 0.444. The lowest BCUT2D eigenvalue weighted by Crippen LogP contribution is -2.46. The lowest BCUT2D eigenvalue weighted by atomic mass is 9.80. The summed E-state index contributed by atoms with van der Waals surface area (Å²) in [7, 11) is 1.95. The zero-order valence-electron chi connectivity index (χ0n) is 11.0. The van der Waals surface area contributed by atoms with Crippen molar-refractivity contribution in [1.82, 2.24) is 15.1 Å². The van der Waals surface area contributed by atoms with Crippen LogP contribution in [0.1, 0.15) is 50.3 Å². The summed E-state index contributed by atoms with van der Waals surface area (Å²) in [6.07, 6.45) is 5.09. The summed E-state index contributed by atoms with van der Waals surface area (Å²) in [5.41, 5.74) is 1.95. The van der Waals surface area contributed by atoms with Crippen LogP contribution in [-0.2, 0) is 13.6 Å². The van der Waals surface area contributed by atoms with Crippen LogP contribution in [-0.4, -0.2) is 27.0 Å². The zero-order valence-corrected chi connectivity index (χ0v) is 11.0. The second-order valence-electron chi connectivity index (χ2n) is 5.55. The molecule has 0 atom stereocenters. The highest BCUT2D eigenvalue weighted by Crippen LogP contribution is 2.30. The van der Waals surface area contributed by atoms with Crippen LogP contribution in [0.15, 0.2) is 6.20 Å². The molecule has 1 aliphatic rings. The van der Waals surface area contributed by atoms with E-state index in [1.54, 1.807) is 0 Å². The van der Waals surface area contributed by atoms with Gasteiger partial charge in [0.25, 0.3) is 0 Å². The van der Waals surface area contributed by atoms with Gasteiger partial charge in [-0.05, 0) is 25.2 Å². The van der Waals surface area contributed by atoms with Crippen molar-refractivity contribution in [3.05, 3.63) is 17.5 Å². The summed E-state index contributed by atoms with van der Waals surface area (Å²) in [5, 5.41) is 17.8. The third-order valence-electron chi connectivity index (χ3n) is 3.54. The lowest BCUT2D eigenvalue weighted by molar-refractivity contribution is -0.0314. The minimum Gasteiger partial charge on any atom is -0.389 e. The lowest BCUT2D eigenvalue weighted by Gasteiger charge is -2.36. The quantitative estimate of drug-likeness (QED) is 0.817. The highest BCUT2D eigenvalue weighted by atomic mass is 16.3. The molecule has 0 bridgehead atoms. The number of nitrogens with one attached hydrogen (secondary N) is 1. The van der Waals surface area contributed by atoms with Gasteiger partial charge in [-0.2, -0.15) is 5.10 Å². The number of aromatic nitrogens is 2. The van der Waals surface area contributed by atoms with Crippen molar-refractivity contribution in [2.45, 2.75) is 51.2 Å². The van der Waals surface area contributed by atoms with Crippen molar-refractivity contribution in [2.24, 2.45) is 7.05 Å². The Balaban J connectivity index is 1.89. The van der Waals surface area contributed by atoms with E-state index in [0.29, 0.717) is 12.5 Å². The predicted molar refractivity (Wildman–Crippen MR) is 67.8 cm³/mol. The SMILES string of the molecule is CC(C)c1nn(C)cc1CNCC1(O)CCC1. The van der Waals surface area contributed by atoms with Crippen LogP contribution in [0.25, 0.3) is 0 Å². The topological polar surface area (TPSA) is 50.1 Å². The minimum absolute atomic E-state index is 0.444. The molecule has 1 heterocycles. The Hall–Kier alpha value is -0.870. The van der Waals surface area contributed by atoms with Crippen LogP contribution in [0.3, 0.4) is 0 Å². The molecular weight excluding hydrogens is 214 g/mol. The number of hydrogen-bond acceptors (Lipinski definition) is 3. The first-order valence-corrected chi connectivity index (χ1v) is 6.46. The smallest absolute Gasteiger partial charge is 0.0771 e. The summed E-state index contributed by atoms with van der Waals surface area (Å²) < 4.78 is 1.87. The molecule has 1 saturated carbocycles. The predicted octanol–water partition coefficient (Wildman–Crippen LogP) is 1.55. The Bertz CT molecular complexity index is 380. The van der Waals surface area contributed by atoms with Gasteiger partial charge in [0, 0.05) is 31.9 Å². The van der Waals surface area contributed by atoms with Crippen LogP contribution < -0.4 is 5.32 Å². The molecule has 4 heteroatoms. The van der Waals surface area contributed by atoms with Gasteiger partial charge in [0.05, 0.1) is 11.3 Å². The second-order valence-corrected chi connectivity index (χ2v) is 5.55. The van der Waals surface area contributed by atoms with E-state index in [2.05, 4.69) is 30.5 Å². The Kier molecular flexibility index (Phi) is 3.54. The maximum Gasteiger partial charge on any atom is 0.0771 e. The van der Waals surface area contributed by atoms with E-state index in [1.165, 1.54) is 5.56 Å². The van der Waals surface area contributed by atoms with E-state index in [9.17, 15) is 5.11 Å². The van der Waals surface area contributed by atoms with E-state index in [0.717, 1.165) is 31.5 Å². The normalized spacial score (nSPS) is 18.4. The second kappa shape index (κ2) is 4.78. The van der Waals surface area contributed by atoms with Crippen molar-refractivity contribution in [1.29, 1.82) is 0 Å². The first-order valence-electron chi connectivity index (χ1n) is 6.46. The Morgan fingerprint density at radius 2 is 2.24 bits per heavy atom. The summed E-state index contributed by atoms with van der Waals surface area (Å²) in [6, 6.07) is 0. The van der Waals surface area contributed by atoms with E-state index >= 15 is 0 Å². The van der Waals surface area contributed by atoms with Gasteiger partial charge in [0.1, 0.15) is 0 Å². The molecule has 0 spiro atoms. The van der Waals surface area contributed by atoms with Crippen molar-refractivity contribution < 1.29 is 5.11 Å². The molecule has 2 rings (SSSR count). The summed E-state index contributed by atoms with van der Waals surface area (Å²) >= 11 is 0. The van der Waals surface area contributed by atoms with Crippen molar-refractivity contribution in [3.8, 4) is 0 Å². The molecule has 1 aliphatic carbocycles. The molecule has 17 heavy (non-hydrogen) atoms. The zero-order chi connectivity index (χ0) is 12.5. The van der Waals surface area contributed by atoms with Crippen LogP contribution in [0.5, 0.6) is 0 Å². The van der Waals surface area contributed by atoms with Crippen molar-refractivity contribution >= 4 is 0 Å². The monoisotopic (exact) mass is 237 g/mol. The summed E-state index contributed by atoms with van der Waals surface area (Å²) in [6.45, 7) is 5.81. The fourth-order valence-corrected chi connectivity index (χ4v) is 2.37. The third kappa shape index (κ3) is 2.87. The maximum atomic E-state index is 9.99. The average molecular weight is 237 g/mol. The fourth-order valence-electron chi connectivity index (χ4n) is 2.37. The van der Waals surface area contributed by atoms with Gasteiger partial charge in [-0.3, -0.25) is 4.68 Å². The van der Waals surface area contributed by atoms with Crippen LogP contribution in [0, 0.1) is 0 Å². The van der Waals surface area contributed by atoms with E-state index < -0.39 is 5.60 Å². The van der Waals surface area contributed by atoms with E-state index in [1.807, 2.05) is 11.7 Å². The molecule has 1 aromatic heterocycles. The molecule has 1 fully saturated rings. The van der Waals surface area contributed by atoms with Crippen molar-refractivity contribution in [2.75, 3.05) is 6.54 Å². The molecule has 2 N–H and O–H groups in total. The van der Waals surface area contributed by atoms with E-state index in [4.69, 9.17) is 0 Å². The molecule has 0 amide bonds. The van der Waals surface area contributed by atoms with Crippen LogP contribution >= 0.6 is 0 Å². The van der Waals surface area contributed by atoms with Gasteiger partial charge in [0.15, 0.2) is 0 Å². The highest BCUT2D eigenvalue weighted by molar-refractivity contribution is 5.20. The van der Waals surface area contributed by atoms with Gasteiger partial charge in [-0.25, -0.2) is 0 Å². The first kappa shape index (κ1) is 12.6. The van der Waals surface area contributed by atoms with Gasteiger partial charge < -0.3 is 10.4 Å². The van der Waals surface area contributed by atoms with Crippen molar-refractivity contribution in [3.63, 3.8) is 0 Å². The third-order valence-corrected chi connectivity index (χ3v) is 3.54. The van der Waals surface area contributed by atoms with E-state index in [-0.39, 0.29) is 0 Å². The molecule has 1 aromatic rings. The minimum atomic E-state index is -0.444. The standard InChI is InChI=1S/C13H23N3O/c1-10(2)12-11(8-16(3)15-12)7-14-9-13(17)5-4-6-13/h8,10,14,17H,4-7,9H2,1-3H3. The number of hydrogen-bond donors (Lipinski definition) is 2. The Morgan fingerprint density at radius 1 is 1.53 bits per heavy atom. The average Bonchev–Trinajstić information content (AvgIpc) is 2.57. The first-order chi connectivity index (χ1) is 8.00. The fraction of sp³-hybridized carbons (Fsp3) is 0.769. The van der Waals surface area contributed by atoms with Gasteiger partial charge in [0.2, 0.25) is 0 Å². The van der Waals surface area contributed by atoms with Crippen LogP contribution in [0.4, 0.5) is 0 Å². The largest absolute Gasteiger partial charge is 0.389 e. The molecule has 0 aromatic carbocycles. The molecule has 0 aliphatic heterocycles. The van der Waals surface area contributed by atoms with Gasteiger partial charge >= 0.3 is 0 Å². The Morgan fingerprint density at radius 3 is 2.76 bits per heavy atom. The number of rotatable bonds is 5. The molecule has 0 unspecified atom stereocenters. The molecule has 0 radical (unpaired) electrons. The molecular formula is C13H23N3O. The molecule has 96 valence electrons. The number of aryl methyl sites for hydroxylation is 1. The number of nitrogens with zero attached hydrogens (tertiary/aromatic N) is 2. The number of aliphatic hydroxyl groups is 1. The van der Waals surface area contributed by atoms with Gasteiger partial charge in [-0.1, -0.05) is 13.8 Å². The Labute approximate surface area is 103 Å². The molecule has 0 saturated heterocycles. The summed E-state index contributed by atoms with van der Waals surface area (Å²) in [4.78, 5) is 0. The van der Waals surface area contributed by atoms with Crippen LogP contribution in [0.2, 0.25) is 0 Å². The highest BCUT2D eigenvalue weighted by Gasteiger charge is 2.33. The van der Waals surface area contributed by atoms with Gasteiger partial charge in [-0.15, -0.1) is 0 Å².